The molecule has 7 heteroatoms. The highest BCUT2D eigenvalue weighted by Crippen LogP contribution is 2.30. The van der Waals surface area contributed by atoms with Crippen molar-refractivity contribution < 1.29 is 0 Å². The second-order valence-electron chi connectivity index (χ2n) is 6.11. The number of rotatable bonds is 5. The normalized spacial score (nSPS) is 13.1. The summed E-state index contributed by atoms with van der Waals surface area (Å²) >= 11 is 3.30. The molecule has 0 amide bonds. The maximum Gasteiger partial charge on any atom is 0.235 e. The minimum absolute atomic E-state index is 0.149. The molecule has 0 aliphatic rings. The molecule has 0 unspecified atom stereocenters. The first-order chi connectivity index (χ1) is 11.0. The van der Waals surface area contributed by atoms with E-state index in [2.05, 4.69) is 61.2 Å². The summed E-state index contributed by atoms with van der Waals surface area (Å²) < 4.78 is 2.79. The number of thioether (sulfide) groups is 1. The van der Waals surface area contributed by atoms with Crippen molar-refractivity contribution >= 4 is 28.1 Å². The number of aromatic nitrogens is 4. The van der Waals surface area contributed by atoms with Crippen molar-refractivity contribution in [3.63, 3.8) is 0 Å². The zero-order valence-corrected chi connectivity index (χ0v) is 15.4. The maximum absolute atomic E-state index is 6.19. The van der Waals surface area contributed by atoms with Gasteiger partial charge < -0.3 is 5.73 Å². The number of nitrogens with two attached hydrogens (primary N) is 1. The Balaban J connectivity index is 1.80. The van der Waals surface area contributed by atoms with Gasteiger partial charge in [0.05, 0.1) is 6.04 Å². The average Bonchev–Trinajstić information content (AvgIpc) is 3.07. The van der Waals surface area contributed by atoms with E-state index in [-0.39, 0.29) is 6.04 Å². The Bertz CT molecular complexity index is 821. The molecule has 0 saturated carbocycles. The molecule has 1 aromatic carbocycles. The van der Waals surface area contributed by atoms with E-state index in [0.717, 1.165) is 20.9 Å². The van der Waals surface area contributed by atoms with E-state index in [1.807, 2.05) is 0 Å². The fraction of sp³-hybridized carbons (Fsp3) is 0.438. The number of nitrogens with zero attached hydrogens (tertiary/aromatic N) is 4. The largest absolute Gasteiger partial charge is 0.321 e. The number of fused-ring (bicyclic) bond motifs is 1. The van der Waals surface area contributed by atoms with Crippen molar-refractivity contribution in [3.05, 3.63) is 40.7 Å². The number of hydrogen-bond donors (Lipinski definition) is 1. The molecule has 0 aliphatic heterocycles. The predicted molar refractivity (Wildman–Crippen MR) is 95.9 cm³/mol. The van der Waals surface area contributed by atoms with Crippen molar-refractivity contribution in [2.45, 2.75) is 43.8 Å². The predicted octanol–water partition coefficient (Wildman–Crippen LogP) is 3.75. The summed E-state index contributed by atoms with van der Waals surface area (Å²) in [6, 6.07) is 6.40. The molecule has 0 radical (unpaired) electrons. The van der Waals surface area contributed by atoms with Crippen LogP contribution in [0.5, 0.6) is 0 Å². The first-order valence-electron chi connectivity index (χ1n) is 7.62. The summed E-state index contributed by atoms with van der Waals surface area (Å²) in [5, 5.41) is 13.0. The van der Waals surface area contributed by atoms with Gasteiger partial charge in [-0.1, -0.05) is 60.7 Å². The first-order valence-corrected chi connectivity index (χ1v) is 9.42. The Labute approximate surface area is 144 Å². The highest BCUT2D eigenvalue weighted by atomic mass is 32.2. The van der Waals surface area contributed by atoms with Crippen molar-refractivity contribution in [2.75, 3.05) is 0 Å². The van der Waals surface area contributed by atoms with Gasteiger partial charge in [0.25, 0.3) is 0 Å². The van der Waals surface area contributed by atoms with E-state index in [9.17, 15) is 0 Å². The first kappa shape index (κ1) is 16.4. The molecule has 122 valence electrons. The molecule has 3 aromatic rings. The van der Waals surface area contributed by atoms with E-state index in [1.54, 1.807) is 27.6 Å². The van der Waals surface area contributed by atoms with Gasteiger partial charge in [0.1, 0.15) is 0 Å². The summed E-state index contributed by atoms with van der Waals surface area (Å²) in [7, 11) is 0. The molecule has 2 aromatic heterocycles. The fourth-order valence-corrected chi connectivity index (χ4v) is 4.22. The van der Waals surface area contributed by atoms with Crippen molar-refractivity contribution in [2.24, 2.45) is 11.7 Å². The van der Waals surface area contributed by atoms with Crippen LogP contribution in [-0.2, 0) is 5.75 Å². The summed E-state index contributed by atoms with van der Waals surface area (Å²) in [6.45, 7) is 8.42. The lowest BCUT2D eigenvalue weighted by Crippen LogP contribution is -2.20. The third kappa shape index (κ3) is 3.41. The van der Waals surface area contributed by atoms with Crippen LogP contribution in [0.3, 0.4) is 0 Å². The average molecular weight is 348 g/mol. The van der Waals surface area contributed by atoms with Gasteiger partial charge in [-0.05, 0) is 30.9 Å². The molecule has 0 aliphatic carbocycles. The lowest BCUT2D eigenvalue weighted by atomic mass is 10.1. The highest BCUT2D eigenvalue weighted by molar-refractivity contribution is 8.00. The zero-order valence-electron chi connectivity index (χ0n) is 13.8. The molecular formula is C16H21N5S2. The second kappa shape index (κ2) is 6.59. The molecule has 0 fully saturated rings. The van der Waals surface area contributed by atoms with Crippen LogP contribution in [0.4, 0.5) is 0 Å². The Morgan fingerprint density at radius 1 is 1.26 bits per heavy atom. The fourth-order valence-electron chi connectivity index (χ4n) is 2.27. The molecule has 2 N–H and O–H groups in total. The summed E-state index contributed by atoms with van der Waals surface area (Å²) in [4.78, 5) is 0.805. The molecular weight excluding hydrogens is 326 g/mol. The van der Waals surface area contributed by atoms with Gasteiger partial charge in [0, 0.05) is 5.75 Å². The Morgan fingerprint density at radius 3 is 2.78 bits per heavy atom. The maximum atomic E-state index is 6.19. The molecule has 2 heterocycles. The lowest BCUT2D eigenvalue weighted by molar-refractivity contribution is 0.479. The van der Waals surface area contributed by atoms with Crippen LogP contribution in [0, 0.1) is 19.8 Å². The molecule has 0 saturated heterocycles. The quantitative estimate of drug-likeness (QED) is 0.712. The van der Waals surface area contributed by atoms with Gasteiger partial charge in [0.2, 0.25) is 4.96 Å². The van der Waals surface area contributed by atoms with Gasteiger partial charge in [-0.2, -0.15) is 4.52 Å². The Hall–Kier alpha value is -1.44. The van der Waals surface area contributed by atoms with E-state index in [0.29, 0.717) is 5.92 Å². The summed E-state index contributed by atoms with van der Waals surface area (Å²) in [5.74, 6) is 1.95. The van der Waals surface area contributed by atoms with Gasteiger partial charge >= 0.3 is 0 Å². The highest BCUT2D eigenvalue weighted by Gasteiger charge is 2.20. The van der Waals surface area contributed by atoms with Crippen LogP contribution in [0.25, 0.3) is 4.96 Å². The van der Waals surface area contributed by atoms with Crippen molar-refractivity contribution in [1.29, 1.82) is 0 Å². The summed E-state index contributed by atoms with van der Waals surface area (Å²) in [6.07, 6.45) is 0. The van der Waals surface area contributed by atoms with Crippen LogP contribution < -0.4 is 5.73 Å². The molecule has 1 atom stereocenters. The Kier molecular flexibility index (Phi) is 4.70. The van der Waals surface area contributed by atoms with Crippen LogP contribution in [0.1, 0.15) is 42.4 Å². The monoisotopic (exact) mass is 347 g/mol. The molecule has 23 heavy (non-hydrogen) atoms. The standard InChI is InChI=1S/C16H21N5S2/c1-9(2)13(17)14-18-19-15-21(14)20-16(23-15)22-8-12-7-10(3)5-6-11(12)4/h5-7,9,13H,8,17H2,1-4H3/t13-/m0/s1. The van der Waals surface area contributed by atoms with Crippen LogP contribution in [-0.4, -0.2) is 19.8 Å². The second-order valence-corrected chi connectivity index (χ2v) is 8.29. The molecule has 3 rings (SSSR count). The van der Waals surface area contributed by atoms with Gasteiger partial charge in [-0.3, -0.25) is 0 Å². The van der Waals surface area contributed by atoms with Gasteiger partial charge in [0.15, 0.2) is 10.2 Å². The topological polar surface area (TPSA) is 69.1 Å². The van der Waals surface area contributed by atoms with Crippen molar-refractivity contribution in [3.8, 4) is 0 Å². The van der Waals surface area contributed by atoms with Crippen molar-refractivity contribution in [1.82, 2.24) is 19.8 Å². The summed E-state index contributed by atoms with van der Waals surface area (Å²) in [5.41, 5.74) is 10.1. The minimum atomic E-state index is -0.149. The molecule has 0 bridgehead atoms. The van der Waals surface area contributed by atoms with Gasteiger partial charge in [-0.15, -0.1) is 15.3 Å². The molecule has 0 spiro atoms. The minimum Gasteiger partial charge on any atom is -0.321 e. The zero-order chi connectivity index (χ0) is 16.6. The van der Waals surface area contributed by atoms with Gasteiger partial charge in [-0.25, -0.2) is 0 Å². The Morgan fingerprint density at radius 2 is 2.04 bits per heavy atom. The van der Waals surface area contributed by atoms with Crippen LogP contribution in [0.2, 0.25) is 0 Å². The van der Waals surface area contributed by atoms with Crippen LogP contribution in [0.15, 0.2) is 22.5 Å². The third-order valence-electron chi connectivity index (χ3n) is 3.87. The lowest BCUT2D eigenvalue weighted by Gasteiger charge is -2.11. The smallest absolute Gasteiger partial charge is 0.235 e. The van der Waals surface area contributed by atoms with E-state index < -0.39 is 0 Å². The number of aryl methyl sites for hydroxylation is 2. The number of benzene rings is 1. The van der Waals surface area contributed by atoms with E-state index in [1.165, 1.54) is 16.7 Å². The van der Waals surface area contributed by atoms with E-state index in [4.69, 9.17) is 5.73 Å². The SMILES string of the molecule is Cc1ccc(C)c(CSc2nn3c([C@@H](N)C(C)C)nnc3s2)c1. The van der Waals surface area contributed by atoms with Crippen LogP contribution >= 0.6 is 23.1 Å². The molecule has 5 nitrogen and oxygen atoms in total. The number of hydrogen-bond acceptors (Lipinski definition) is 6. The third-order valence-corrected chi connectivity index (χ3v) is 5.95. The van der Waals surface area contributed by atoms with E-state index >= 15 is 0 Å².